The van der Waals surface area contributed by atoms with E-state index < -0.39 is 5.82 Å². The van der Waals surface area contributed by atoms with Crippen LogP contribution in [0.2, 0.25) is 0 Å². The van der Waals surface area contributed by atoms with Gasteiger partial charge in [0.05, 0.1) is 11.3 Å². The Balaban J connectivity index is 1.98. The molecule has 2 heterocycles. The van der Waals surface area contributed by atoms with E-state index in [0.29, 0.717) is 29.7 Å². The molecule has 5 nitrogen and oxygen atoms in total. The summed E-state index contributed by atoms with van der Waals surface area (Å²) in [5.74, 6) is -0.692. The molecule has 1 amide bonds. The molecule has 1 aliphatic heterocycles. The average molecular weight is 311 g/mol. The van der Waals surface area contributed by atoms with Crippen molar-refractivity contribution in [3.05, 3.63) is 53.3 Å². The van der Waals surface area contributed by atoms with E-state index in [2.05, 4.69) is 15.8 Å². The first-order chi connectivity index (χ1) is 11.2. The molecule has 0 fully saturated rings. The lowest BCUT2D eigenvalue weighted by molar-refractivity contribution is 0.0957. The zero-order valence-corrected chi connectivity index (χ0v) is 12.1. The minimum absolute atomic E-state index is 0.251. The third-order valence-corrected chi connectivity index (χ3v) is 4.17. The Hall–Kier alpha value is -2.86. The van der Waals surface area contributed by atoms with Crippen LogP contribution in [0.15, 0.2) is 36.4 Å². The summed E-state index contributed by atoms with van der Waals surface area (Å²) in [6, 6.07) is 9.90. The summed E-state index contributed by atoms with van der Waals surface area (Å²) in [4.78, 5) is 15.4. The van der Waals surface area contributed by atoms with Gasteiger partial charge in [0.2, 0.25) is 0 Å². The van der Waals surface area contributed by atoms with Crippen LogP contribution in [0.4, 0.5) is 10.1 Å². The number of rotatable bonds is 2. The van der Waals surface area contributed by atoms with Crippen molar-refractivity contribution in [1.29, 1.82) is 0 Å². The number of aromatic nitrogens is 1. The van der Waals surface area contributed by atoms with Gasteiger partial charge in [-0.2, -0.15) is 0 Å². The highest BCUT2D eigenvalue weighted by Gasteiger charge is 2.23. The van der Waals surface area contributed by atoms with Crippen molar-refractivity contribution in [3.63, 3.8) is 0 Å². The van der Waals surface area contributed by atoms with E-state index in [-0.39, 0.29) is 5.91 Å². The highest BCUT2D eigenvalue weighted by atomic mass is 19.1. The van der Waals surface area contributed by atoms with Crippen LogP contribution in [0, 0.1) is 5.82 Å². The fraction of sp³-hybridized carbons (Fsp3) is 0.118. The molecule has 0 aliphatic carbocycles. The number of amides is 1. The van der Waals surface area contributed by atoms with E-state index in [1.165, 1.54) is 12.1 Å². The third kappa shape index (κ3) is 2.15. The fourth-order valence-electron chi connectivity index (χ4n) is 3.15. The predicted molar refractivity (Wildman–Crippen MR) is 85.1 cm³/mol. The maximum Gasteiger partial charge on any atom is 0.252 e. The summed E-state index contributed by atoms with van der Waals surface area (Å²) in [7, 11) is 0. The van der Waals surface area contributed by atoms with Gasteiger partial charge in [0, 0.05) is 23.1 Å². The molecule has 0 unspecified atom stereocenters. The molecule has 0 spiro atoms. The quantitative estimate of drug-likeness (QED) is 0.549. The standard InChI is InChI=1S/C17H14FN3O2/c18-10-7-13-15-12(5-6-19-17(13)22)16(20-14(15)8-10)9-1-3-11(21-23)4-2-9/h1-4,7-8,20-21,23H,5-6H2,(H,19,22). The van der Waals surface area contributed by atoms with Gasteiger partial charge < -0.3 is 10.3 Å². The molecule has 3 aromatic rings. The maximum absolute atomic E-state index is 13.8. The summed E-state index contributed by atoms with van der Waals surface area (Å²) >= 11 is 0. The first-order valence-corrected chi connectivity index (χ1v) is 7.30. The first-order valence-electron chi connectivity index (χ1n) is 7.30. The molecule has 23 heavy (non-hydrogen) atoms. The molecule has 4 N–H and O–H groups in total. The molecule has 6 heteroatoms. The van der Waals surface area contributed by atoms with Gasteiger partial charge in [-0.1, -0.05) is 12.1 Å². The van der Waals surface area contributed by atoms with E-state index in [4.69, 9.17) is 5.21 Å². The number of H-pyrrole nitrogens is 1. The lowest BCUT2D eigenvalue weighted by Crippen LogP contribution is -2.23. The van der Waals surface area contributed by atoms with Crippen LogP contribution in [0.3, 0.4) is 0 Å². The number of nitrogens with one attached hydrogen (secondary N) is 3. The highest BCUT2D eigenvalue weighted by Crippen LogP contribution is 2.35. The van der Waals surface area contributed by atoms with Crippen LogP contribution in [-0.2, 0) is 6.42 Å². The number of carbonyl (C=O) groups is 1. The van der Waals surface area contributed by atoms with Crippen LogP contribution in [0.1, 0.15) is 15.9 Å². The zero-order valence-electron chi connectivity index (χ0n) is 12.1. The molecule has 1 aliphatic rings. The van der Waals surface area contributed by atoms with Crippen LogP contribution >= 0.6 is 0 Å². The number of hydrogen-bond acceptors (Lipinski definition) is 3. The van der Waals surface area contributed by atoms with Crippen LogP contribution in [-0.4, -0.2) is 22.6 Å². The first kappa shape index (κ1) is 13.8. The monoisotopic (exact) mass is 311 g/mol. The van der Waals surface area contributed by atoms with Gasteiger partial charge in [-0.3, -0.25) is 15.5 Å². The molecule has 116 valence electrons. The van der Waals surface area contributed by atoms with Crippen molar-refractivity contribution >= 4 is 22.5 Å². The predicted octanol–water partition coefficient (Wildman–Crippen LogP) is 3.06. The fourth-order valence-corrected chi connectivity index (χ4v) is 3.15. The van der Waals surface area contributed by atoms with Crippen LogP contribution in [0.25, 0.3) is 22.2 Å². The number of aromatic amines is 1. The molecule has 2 aromatic carbocycles. The Morgan fingerprint density at radius 3 is 2.70 bits per heavy atom. The minimum atomic E-state index is -0.441. The van der Waals surface area contributed by atoms with Crippen molar-refractivity contribution in [2.75, 3.05) is 12.0 Å². The highest BCUT2D eigenvalue weighted by molar-refractivity contribution is 6.10. The van der Waals surface area contributed by atoms with E-state index in [0.717, 1.165) is 22.2 Å². The maximum atomic E-state index is 13.8. The van der Waals surface area contributed by atoms with E-state index in [1.807, 2.05) is 12.1 Å². The summed E-state index contributed by atoms with van der Waals surface area (Å²) in [6.07, 6.45) is 0.666. The van der Waals surface area contributed by atoms with Gasteiger partial charge in [0.25, 0.3) is 5.91 Å². The second kappa shape index (κ2) is 5.10. The zero-order chi connectivity index (χ0) is 16.0. The molecule has 1 aromatic heterocycles. The van der Waals surface area contributed by atoms with Crippen LogP contribution in [0.5, 0.6) is 0 Å². The molecule has 0 saturated carbocycles. The van der Waals surface area contributed by atoms with Gasteiger partial charge >= 0.3 is 0 Å². The van der Waals surface area contributed by atoms with Gasteiger partial charge in [-0.25, -0.2) is 4.39 Å². The molecule has 0 atom stereocenters. The third-order valence-electron chi connectivity index (χ3n) is 4.17. The van der Waals surface area contributed by atoms with Gasteiger partial charge in [0.1, 0.15) is 5.82 Å². The second-order valence-corrected chi connectivity index (χ2v) is 5.55. The largest absolute Gasteiger partial charge is 0.354 e. The van der Waals surface area contributed by atoms with Crippen molar-refractivity contribution < 1.29 is 14.4 Å². The number of benzene rings is 2. The Bertz CT molecular complexity index is 916. The molecular weight excluding hydrogens is 297 g/mol. The normalized spacial score (nSPS) is 13.7. The smallest absolute Gasteiger partial charge is 0.252 e. The SMILES string of the molecule is O=C1NCCc2c(-c3ccc(NO)cc3)[nH]c3cc(F)cc1c23. The van der Waals surface area contributed by atoms with E-state index in [9.17, 15) is 9.18 Å². The molecule has 0 radical (unpaired) electrons. The molecule has 0 saturated heterocycles. The van der Waals surface area contributed by atoms with Crippen molar-refractivity contribution in [2.45, 2.75) is 6.42 Å². The minimum Gasteiger partial charge on any atom is -0.354 e. The van der Waals surface area contributed by atoms with Crippen molar-refractivity contribution in [2.24, 2.45) is 0 Å². The number of carbonyl (C=O) groups excluding carboxylic acids is 1. The summed E-state index contributed by atoms with van der Waals surface area (Å²) < 4.78 is 13.8. The summed E-state index contributed by atoms with van der Waals surface area (Å²) in [6.45, 7) is 0.505. The lowest BCUT2D eigenvalue weighted by Gasteiger charge is -2.05. The van der Waals surface area contributed by atoms with Gasteiger partial charge in [-0.15, -0.1) is 0 Å². The van der Waals surface area contributed by atoms with Crippen LogP contribution < -0.4 is 10.8 Å². The average Bonchev–Trinajstić information content (AvgIpc) is 2.83. The Kier molecular flexibility index (Phi) is 3.06. The van der Waals surface area contributed by atoms with Gasteiger partial charge in [0.15, 0.2) is 0 Å². The van der Waals surface area contributed by atoms with Crippen molar-refractivity contribution in [3.8, 4) is 11.3 Å². The summed E-state index contributed by atoms with van der Waals surface area (Å²) in [5, 5.41) is 12.5. The second-order valence-electron chi connectivity index (χ2n) is 5.55. The van der Waals surface area contributed by atoms with E-state index in [1.54, 1.807) is 12.1 Å². The topological polar surface area (TPSA) is 77.2 Å². The number of hydrogen-bond donors (Lipinski definition) is 4. The lowest BCUT2D eigenvalue weighted by atomic mass is 10.00. The molecule has 4 rings (SSSR count). The number of halogens is 1. The van der Waals surface area contributed by atoms with Crippen molar-refractivity contribution in [1.82, 2.24) is 10.3 Å². The number of anilines is 1. The molecule has 0 bridgehead atoms. The van der Waals surface area contributed by atoms with E-state index >= 15 is 0 Å². The Labute approximate surface area is 131 Å². The summed E-state index contributed by atoms with van der Waals surface area (Å²) in [5.41, 5.74) is 6.43. The Morgan fingerprint density at radius 1 is 1.17 bits per heavy atom. The molecular formula is C17H14FN3O2. The van der Waals surface area contributed by atoms with Gasteiger partial charge in [-0.05, 0) is 41.8 Å². The Morgan fingerprint density at radius 2 is 1.96 bits per heavy atom.